The Labute approximate surface area is 83.0 Å². The summed E-state index contributed by atoms with van der Waals surface area (Å²) in [6.07, 6.45) is 3.75. The number of carbonyl (C=O) groups is 1. The van der Waals surface area contributed by atoms with Crippen LogP contribution in [0.1, 0.15) is 12.8 Å². The Kier molecular flexibility index (Phi) is 4.07. The van der Waals surface area contributed by atoms with E-state index in [9.17, 15) is 4.79 Å². The van der Waals surface area contributed by atoms with Crippen LogP contribution < -0.4 is 0 Å². The van der Waals surface area contributed by atoms with E-state index in [0.717, 1.165) is 0 Å². The van der Waals surface area contributed by atoms with Gasteiger partial charge >= 0.3 is 7.12 Å². The summed E-state index contributed by atoms with van der Waals surface area (Å²) in [6, 6.07) is 0. The van der Waals surface area contributed by atoms with Gasteiger partial charge in [-0.05, 0) is 6.42 Å². The van der Waals surface area contributed by atoms with Crippen molar-refractivity contribution in [2.24, 2.45) is 0 Å². The molecule has 76 valence electrons. The molecule has 5 heteroatoms. The summed E-state index contributed by atoms with van der Waals surface area (Å²) in [5, 5.41) is 17.8. The molecule has 0 radical (unpaired) electrons. The van der Waals surface area contributed by atoms with E-state index in [1.165, 1.54) is 6.08 Å². The first-order valence-electron chi connectivity index (χ1n) is 4.48. The summed E-state index contributed by atoms with van der Waals surface area (Å²) in [4.78, 5) is 11.2. The molecule has 0 aromatic heterocycles. The topological polar surface area (TPSA) is 66.8 Å². The average molecular weight is 196 g/mol. The van der Waals surface area contributed by atoms with Gasteiger partial charge < -0.3 is 14.8 Å². The van der Waals surface area contributed by atoms with Crippen molar-refractivity contribution in [3.05, 3.63) is 24.2 Å². The minimum absolute atomic E-state index is 0.0327. The fraction of sp³-hybridized carbons (Fsp3) is 0.444. The molecular weight excluding hydrogens is 183 g/mol. The molecule has 0 spiro atoms. The lowest BCUT2D eigenvalue weighted by atomic mass is 9.72. The molecule has 1 aliphatic rings. The van der Waals surface area contributed by atoms with Gasteiger partial charge in [0.05, 0.1) is 12.7 Å². The van der Waals surface area contributed by atoms with E-state index in [2.05, 4.69) is 6.58 Å². The van der Waals surface area contributed by atoms with E-state index >= 15 is 0 Å². The Morgan fingerprint density at radius 3 is 3.00 bits per heavy atom. The highest BCUT2D eigenvalue weighted by Gasteiger charge is 2.28. The maximum Gasteiger partial charge on any atom is 0.491 e. The van der Waals surface area contributed by atoms with E-state index < -0.39 is 7.12 Å². The smallest absolute Gasteiger partial charge is 0.423 e. The van der Waals surface area contributed by atoms with E-state index in [4.69, 9.17) is 14.8 Å². The second-order valence-corrected chi connectivity index (χ2v) is 3.12. The summed E-state index contributed by atoms with van der Waals surface area (Å²) in [5.41, 5.74) is 0.0327. The molecule has 0 unspecified atom stereocenters. The van der Waals surface area contributed by atoms with Crippen molar-refractivity contribution in [1.29, 1.82) is 0 Å². The molecule has 0 bridgehead atoms. The highest BCUT2D eigenvalue weighted by atomic mass is 16.5. The minimum atomic E-state index is -1.70. The molecule has 0 aromatic carbocycles. The highest BCUT2D eigenvalue weighted by molar-refractivity contribution is 6.59. The summed E-state index contributed by atoms with van der Waals surface area (Å²) >= 11 is 0. The zero-order chi connectivity index (χ0) is 10.6. The van der Waals surface area contributed by atoms with Gasteiger partial charge in [0.25, 0.3) is 0 Å². The molecule has 2 N–H and O–H groups in total. The zero-order valence-electron chi connectivity index (χ0n) is 7.85. The molecule has 0 aromatic rings. The van der Waals surface area contributed by atoms with Crippen molar-refractivity contribution in [1.82, 2.24) is 0 Å². The van der Waals surface area contributed by atoms with Gasteiger partial charge in [-0.2, -0.15) is 0 Å². The molecule has 0 fully saturated rings. The summed E-state index contributed by atoms with van der Waals surface area (Å²) < 4.78 is 5.29. The first-order valence-corrected chi connectivity index (χ1v) is 4.48. The number of Topliss-reactive ketones (excluding diaryl/α,β-unsaturated/α-hetero) is 1. The first-order chi connectivity index (χ1) is 6.65. The Hall–Kier alpha value is -0.905. The lowest BCUT2D eigenvalue weighted by Gasteiger charge is -2.19. The number of allylic oxidation sites excluding steroid dienone is 1. The summed E-state index contributed by atoms with van der Waals surface area (Å²) in [5.74, 6) is -0.224. The predicted octanol–water partition coefficient (Wildman–Crippen LogP) is -0.141. The third-order valence-electron chi connectivity index (χ3n) is 2.05. The van der Waals surface area contributed by atoms with Gasteiger partial charge in [-0.15, -0.1) is 6.58 Å². The maximum atomic E-state index is 11.2. The normalized spacial score (nSPS) is 21.7. The van der Waals surface area contributed by atoms with Gasteiger partial charge in [-0.3, -0.25) is 4.79 Å². The monoisotopic (exact) mass is 196 g/mol. The van der Waals surface area contributed by atoms with E-state index in [-0.39, 0.29) is 17.4 Å². The van der Waals surface area contributed by atoms with Crippen LogP contribution in [0.5, 0.6) is 0 Å². The first kappa shape index (κ1) is 11.2. The van der Waals surface area contributed by atoms with Gasteiger partial charge in [-0.25, -0.2) is 0 Å². The molecule has 1 atom stereocenters. The van der Waals surface area contributed by atoms with Gasteiger partial charge in [0.1, 0.15) is 0 Å². The van der Waals surface area contributed by atoms with Gasteiger partial charge in [0.15, 0.2) is 5.78 Å². The zero-order valence-corrected chi connectivity index (χ0v) is 7.85. The summed E-state index contributed by atoms with van der Waals surface area (Å²) in [7, 11) is -1.70. The van der Waals surface area contributed by atoms with Crippen molar-refractivity contribution in [3.63, 3.8) is 0 Å². The third kappa shape index (κ3) is 2.80. The molecule has 0 saturated heterocycles. The van der Waals surface area contributed by atoms with Crippen LogP contribution in [0, 0.1) is 0 Å². The number of ketones is 1. The molecule has 0 heterocycles. The molecule has 1 aliphatic carbocycles. The third-order valence-corrected chi connectivity index (χ3v) is 2.05. The van der Waals surface area contributed by atoms with E-state index in [0.29, 0.717) is 19.4 Å². The van der Waals surface area contributed by atoms with Gasteiger partial charge in [0.2, 0.25) is 0 Å². The van der Waals surface area contributed by atoms with Crippen molar-refractivity contribution in [2.75, 3.05) is 6.61 Å². The second-order valence-electron chi connectivity index (χ2n) is 3.12. The molecule has 1 rings (SSSR count). The SMILES string of the molecule is C=CCO[C@H]1C=C(B(O)O)C(=O)CC1. The summed E-state index contributed by atoms with van der Waals surface area (Å²) in [6.45, 7) is 3.90. The van der Waals surface area contributed by atoms with Crippen molar-refractivity contribution >= 4 is 12.9 Å². The Morgan fingerprint density at radius 2 is 2.43 bits per heavy atom. The maximum absolute atomic E-state index is 11.2. The second kappa shape index (κ2) is 5.09. The van der Waals surface area contributed by atoms with Gasteiger partial charge in [0, 0.05) is 11.9 Å². The number of hydrogen-bond donors (Lipinski definition) is 2. The number of carbonyl (C=O) groups excluding carboxylic acids is 1. The Bertz CT molecular complexity index is 260. The number of rotatable bonds is 4. The molecular formula is C9H13BO4. The lowest BCUT2D eigenvalue weighted by Crippen LogP contribution is -2.29. The predicted molar refractivity (Wildman–Crippen MR) is 52.5 cm³/mol. The van der Waals surface area contributed by atoms with Gasteiger partial charge in [-0.1, -0.05) is 12.2 Å². The Morgan fingerprint density at radius 1 is 1.71 bits per heavy atom. The molecule has 0 saturated carbocycles. The Balaban J connectivity index is 2.64. The molecule has 0 amide bonds. The van der Waals surface area contributed by atoms with Crippen LogP contribution in [0.25, 0.3) is 0 Å². The standard InChI is InChI=1S/C9H13BO4/c1-2-5-14-7-3-4-9(11)8(6-7)10(12)13/h2,6-7,12-13H,1,3-5H2/t7-/m1/s1. The van der Waals surface area contributed by atoms with Crippen LogP contribution in [0.3, 0.4) is 0 Å². The highest BCUT2D eigenvalue weighted by Crippen LogP contribution is 2.17. The quantitative estimate of drug-likeness (QED) is 0.485. The largest absolute Gasteiger partial charge is 0.491 e. The van der Waals surface area contributed by atoms with Crippen LogP contribution in [-0.4, -0.2) is 35.7 Å². The van der Waals surface area contributed by atoms with E-state index in [1.807, 2.05) is 0 Å². The van der Waals surface area contributed by atoms with E-state index in [1.54, 1.807) is 6.08 Å². The molecule has 0 aliphatic heterocycles. The number of ether oxygens (including phenoxy) is 1. The van der Waals surface area contributed by atoms with Crippen LogP contribution in [0.2, 0.25) is 0 Å². The lowest BCUT2D eigenvalue weighted by molar-refractivity contribution is -0.116. The fourth-order valence-corrected chi connectivity index (χ4v) is 1.35. The van der Waals surface area contributed by atoms with Crippen LogP contribution in [0.4, 0.5) is 0 Å². The number of hydrogen-bond acceptors (Lipinski definition) is 4. The van der Waals surface area contributed by atoms with Crippen LogP contribution >= 0.6 is 0 Å². The van der Waals surface area contributed by atoms with Crippen molar-refractivity contribution in [3.8, 4) is 0 Å². The fourth-order valence-electron chi connectivity index (χ4n) is 1.35. The molecule has 4 nitrogen and oxygen atoms in total. The van der Waals surface area contributed by atoms with Crippen LogP contribution in [-0.2, 0) is 9.53 Å². The molecule has 14 heavy (non-hydrogen) atoms. The minimum Gasteiger partial charge on any atom is -0.423 e. The van der Waals surface area contributed by atoms with Crippen molar-refractivity contribution in [2.45, 2.75) is 18.9 Å². The average Bonchev–Trinajstić information content (AvgIpc) is 2.16. The van der Waals surface area contributed by atoms with Crippen LogP contribution in [0.15, 0.2) is 24.2 Å². The van der Waals surface area contributed by atoms with Crippen molar-refractivity contribution < 1.29 is 19.6 Å².